The van der Waals surface area contributed by atoms with Crippen molar-refractivity contribution in [2.75, 3.05) is 25.0 Å². The molecule has 0 saturated heterocycles. The van der Waals surface area contributed by atoms with Gasteiger partial charge < -0.3 is 10.1 Å². The highest BCUT2D eigenvalue weighted by Gasteiger charge is 2.13. The minimum absolute atomic E-state index is 0.00391. The Morgan fingerprint density at radius 2 is 1.56 bits per heavy atom. The van der Waals surface area contributed by atoms with Crippen LogP contribution in [0.4, 0.5) is 5.69 Å². The van der Waals surface area contributed by atoms with E-state index in [-0.39, 0.29) is 17.9 Å². The smallest absolute Gasteiger partial charge is 0.262 e. The first-order valence-electron chi connectivity index (χ1n) is 9.66. The van der Waals surface area contributed by atoms with Gasteiger partial charge in [-0.3, -0.25) is 9.69 Å². The summed E-state index contributed by atoms with van der Waals surface area (Å²) < 4.78 is 5.59. The maximum atomic E-state index is 12.1. The SMILES string of the molecule is CCN(CC)Cc1ccc(NC(=O)COc2ccc(C(C)(C)C)cc2)cc1. The third-order valence-electron chi connectivity index (χ3n) is 4.63. The predicted octanol–water partition coefficient (Wildman–Crippen LogP) is 4.84. The lowest BCUT2D eigenvalue weighted by Gasteiger charge is -2.19. The first-order chi connectivity index (χ1) is 12.8. The Labute approximate surface area is 163 Å². The maximum absolute atomic E-state index is 12.1. The summed E-state index contributed by atoms with van der Waals surface area (Å²) in [5, 5.41) is 2.88. The standard InChI is InChI=1S/C23H32N2O2/c1-6-25(7-2)16-18-8-12-20(13-9-18)24-22(26)17-27-21-14-10-19(11-15-21)23(3,4)5/h8-15H,6-7,16-17H2,1-5H3,(H,24,26). The second-order valence-electron chi connectivity index (χ2n) is 7.77. The minimum atomic E-state index is -0.161. The van der Waals surface area contributed by atoms with Crippen LogP contribution in [0.25, 0.3) is 0 Å². The zero-order chi connectivity index (χ0) is 19.9. The molecule has 0 fully saturated rings. The lowest BCUT2D eigenvalue weighted by atomic mass is 9.87. The van der Waals surface area contributed by atoms with E-state index in [0.717, 1.165) is 25.3 Å². The van der Waals surface area contributed by atoms with Crippen molar-refractivity contribution in [3.8, 4) is 5.75 Å². The average Bonchev–Trinajstić information content (AvgIpc) is 2.65. The normalized spacial score (nSPS) is 11.5. The number of nitrogens with zero attached hydrogens (tertiary/aromatic N) is 1. The van der Waals surface area contributed by atoms with Crippen LogP contribution in [0.1, 0.15) is 45.7 Å². The molecule has 0 bridgehead atoms. The number of amides is 1. The number of hydrogen-bond acceptors (Lipinski definition) is 3. The van der Waals surface area contributed by atoms with Crippen LogP contribution >= 0.6 is 0 Å². The number of rotatable bonds is 8. The van der Waals surface area contributed by atoms with Crippen LogP contribution in [0.3, 0.4) is 0 Å². The molecule has 146 valence electrons. The average molecular weight is 369 g/mol. The van der Waals surface area contributed by atoms with Gasteiger partial charge in [0.15, 0.2) is 6.61 Å². The molecular formula is C23H32N2O2. The summed E-state index contributed by atoms with van der Waals surface area (Å²) in [6.07, 6.45) is 0. The van der Waals surface area contributed by atoms with Crippen molar-refractivity contribution in [2.45, 2.75) is 46.6 Å². The van der Waals surface area contributed by atoms with Crippen LogP contribution in [0.15, 0.2) is 48.5 Å². The van der Waals surface area contributed by atoms with Crippen LogP contribution in [-0.2, 0) is 16.8 Å². The largest absolute Gasteiger partial charge is 0.484 e. The monoisotopic (exact) mass is 368 g/mol. The van der Waals surface area contributed by atoms with Crippen molar-refractivity contribution in [1.29, 1.82) is 0 Å². The molecule has 0 heterocycles. The summed E-state index contributed by atoms with van der Waals surface area (Å²) in [4.78, 5) is 14.5. The predicted molar refractivity (Wildman–Crippen MR) is 112 cm³/mol. The van der Waals surface area contributed by atoms with E-state index in [1.54, 1.807) is 0 Å². The van der Waals surface area contributed by atoms with Gasteiger partial charge in [0, 0.05) is 12.2 Å². The van der Waals surface area contributed by atoms with Gasteiger partial charge in [0.1, 0.15) is 5.75 Å². The van der Waals surface area contributed by atoms with E-state index in [2.05, 4.69) is 57.0 Å². The lowest BCUT2D eigenvalue weighted by molar-refractivity contribution is -0.118. The number of carbonyl (C=O) groups is 1. The fourth-order valence-corrected chi connectivity index (χ4v) is 2.80. The van der Waals surface area contributed by atoms with Gasteiger partial charge >= 0.3 is 0 Å². The number of carbonyl (C=O) groups excluding carboxylic acids is 1. The Bertz CT molecular complexity index is 712. The molecule has 4 nitrogen and oxygen atoms in total. The summed E-state index contributed by atoms with van der Waals surface area (Å²) in [5.74, 6) is 0.541. The Balaban J connectivity index is 1.83. The molecule has 1 N–H and O–H groups in total. The van der Waals surface area contributed by atoms with Crippen molar-refractivity contribution in [1.82, 2.24) is 4.90 Å². The summed E-state index contributed by atoms with van der Waals surface area (Å²) in [6, 6.07) is 15.9. The Kier molecular flexibility index (Phi) is 7.43. The first kappa shape index (κ1) is 21.0. The van der Waals surface area contributed by atoms with Crippen molar-refractivity contribution < 1.29 is 9.53 Å². The van der Waals surface area contributed by atoms with E-state index in [1.807, 2.05) is 36.4 Å². The van der Waals surface area contributed by atoms with Gasteiger partial charge in [0.05, 0.1) is 0 Å². The maximum Gasteiger partial charge on any atom is 0.262 e. The summed E-state index contributed by atoms with van der Waals surface area (Å²) >= 11 is 0. The van der Waals surface area contributed by atoms with Crippen molar-refractivity contribution in [3.05, 3.63) is 59.7 Å². The molecule has 0 aliphatic carbocycles. The molecule has 0 atom stereocenters. The number of ether oxygens (including phenoxy) is 1. The number of nitrogens with one attached hydrogen (secondary N) is 1. The molecule has 2 aromatic rings. The number of hydrogen-bond donors (Lipinski definition) is 1. The zero-order valence-electron chi connectivity index (χ0n) is 17.2. The second-order valence-corrected chi connectivity index (χ2v) is 7.77. The summed E-state index contributed by atoms with van der Waals surface area (Å²) in [7, 11) is 0. The topological polar surface area (TPSA) is 41.6 Å². The molecule has 4 heteroatoms. The van der Waals surface area contributed by atoms with Crippen LogP contribution in [-0.4, -0.2) is 30.5 Å². The van der Waals surface area contributed by atoms with Crippen molar-refractivity contribution in [2.24, 2.45) is 0 Å². The molecular weight excluding hydrogens is 336 g/mol. The van der Waals surface area contributed by atoms with Gasteiger partial charge in [-0.15, -0.1) is 0 Å². The molecule has 0 aliphatic heterocycles. The Morgan fingerprint density at radius 1 is 0.963 bits per heavy atom. The molecule has 2 rings (SSSR count). The van der Waals surface area contributed by atoms with Crippen LogP contribution in [0, 0.1) is 0 Å². The minimum Gasteiger partial charge on any atom is -0.484 e. The van der Waals surface area contributed by atoms with E-state index in [9.17, 15) is 4.79 Å². The molecule has 0 unspecified atom stereocenters. The highest BCUT2D eigenvalue weighted by molar-refractivity contribution is 5.91. The first-order valence-corrected chi connectivity index (χ1v) is 9.66. The Hall–Kier alpha value is -2.33. The fourth-order valence-electron chi connectivity index (χ4n) is 2.80. The number of benzene rings is 2. The molecule has 0 spiro atoms. The third-order valence-corrected chi connectivity index (χ3v) is 4.63. The molecule has 0 aliphatic rings. The summed E-state index contributed by atoms with van der Waals surface area (Å²) in [5.41, 5.74) is 3.37. The van der Waals surface area contributed by atoms with E-state index >= 15 is 0 Å². The fraction of sp³-hybridized carbons (Fsp3) is 0.435. The van der Waals surface area contributed by atoms with Crippen molar-refractivity contribution >= 4 is 11.6 Å². The molecule has 1 amide bonds. The van der Waals surface area contributed by atoms with Gasteiger partial charge in [0.25, 0.3) is 5.91 Å². The lowest BCUT2D eigenvalue weighted by Crippen LogP contribution is -2.22. The van der Waals surface area contributed by atoms with Crippen molar-refractivity contribution in [3.63, 3.8) is 0 Å². The summed E-state index contributed by atoms with van der Waals surface area (Å²) in [6.45, 7) is 13.8. The van der Waals surface area contributed by atoms with Crippen LogP contribution in [0.5, 0.6) is 5.75 Å². The van der Waals surface area contributed by atoms with Gasteiger partial charge in [-0.25, -0.2) is 0 Å². The quantitative estimate of drug-likeness (QED) is 0.725. The van der Waals surface area contributed by atoms with E-state index < -0.39 is 0 Å². The van der Waals surface area contributed by atoms with Gasteiger partial charge in [0.2, 0.25) is 0 Å². The highest BCUT2D eigenvalue weighted by atomic mass is 16.5. The number of anilines is 1. The van der Waals surface area contributed by atoms with Gasteiger partial charge in [-0.1, -0.05) is 58.9 Å². The molecule has 27 heavy (non-hydrogen) atoms. The zero-order valence-corrected chi connectivity index (χ0v) is 17.2. The third kappa shape index (κ3) is 6.72. The second kappa shape index (κ2) is 9.56. The highest BCUT2D eigenvalue weighted by Crippen LogP contribution is 2.24. The molecule has 0 aromatic heterocycles. The molecule has 2 aromatic carbocycles. The molecule has 0 radical (unpaired) electrons. The Morgan fingerprint density at radius 3 is 2.07 bits per heavy atom. The van der Waals surface area contributed by atoms with E-state index in [1.165, 1.54) is 11.1 Å². The van der Waals surface area contributed by atoms with E-state index in [0.29, 0.717) is 5.75 Å². The molecule has 0 saturated carbocycles. The van der Waals surface area contributed by atoms with Gasteiger partial charge in [-0.05, 0) is 53.9 Å². The van der Waals surface area contributed by atoms with Crippen LogP contribution < -0.4 is 10.1 Å². The van der Waals surface area contributed by atoms with E-state index in [4.69, 9.17) is 4.74 Å². The van der Waals surface area contributed by atoms with Gasteiger partial charge in [-0.2, -0.15) is 0 Å². The van der Waals surface area contributed by atoms with Crippen LogP contribution in [0.2, 0.25) is 0 Å².